The third-order valence-electron chi connectivity index (χ3n) is 1.54. The largest absolute Gasteiger partial charge is 0.383 e. The highest BCUT2D eigenvalue weighted by molar-refractivity contribution is 7.80. The molecule has 0 radical (unpaired) electrons. The second-order valence-corrected chi connectivity index (χ2v) is 5.46. The van der Waals surface area contributed by atoms with E-state index in [4.69, 9.17) is 52.8 Å². The predicted molar refractivity (Wildman–Crippen MR) is 74.6 cm³/mol. The lowest BCUT2D eigenvalue weighted by Gasteiger charge is -2.10. The van der Waals surface area contributed by atoms with Gasteiger partial charge in [0.1, 0.15) is 0 Å². The van der Waals surface area contributed by atoms with Crippen LogP contribution in [0.3, 0.4) is 0 Å². The van der Waals surface area contributed by atoms with Crippen molar-refractivity contribution in [2.45, 2.75) is 3.79 Å². The maximum absolute atomic E-state index is 5.52. The summed E-state index contributed by atoms with van der Waals surface area (Å²) in [5.41, 5.74) is 6.22. The molecule has 16 heavy (non-hydrogen) atoms. The van der Waals surface area contributed by atoms with Crippen LogP contribution in [0.5, 0.6) is 0 Å². The van der Waals surface area contributed by atoms with Crippen LogP contribution in [0, 0.1) is 0 Å². The Labute approximate surface area is 114 Å². The van der Waals surface area contributed by atoms with Crippen molar-refractivity contribution in [3.05, 3.63) is 30.3 Å². The Morgan fingerprint density at radius 3 is 2.31 bits per heavy atom. The summed E-state index contributed by atoms with van der Waals surface area (Å²) in [6, 6.07) is 9.24. The van der Waals surface area contributed by atoms with Gasteiger partial charge in [0.05, 0.1) is 0 Å². The molecule has 0 aromatic heterocycles. The van der Waals surface area contributed by atoms with Gasteiger partial charge in [0.15, 0.2) is 10.9 Å². The summed E-state index contributed by atoms with van der Waals surface area (Å²) in [7, 11) is 0. The highest BCUT2D eigenvalue weighted by atomic mass is 35.6. The number of thiocarbonyl (C=S) groups is 1. The monoisotopic (exact) mass is 295 g/mol. The van der Waals surface area contributed by atoms with Crippen molar-refractivity contribution in [2.75, 3.05) is 5.32 Å². The average molecular weight is 297 g/mol. The number of rotatable bonds is 1. The molecule has 0 amide bonds. The maximum atomic E-state index is 5.52. The highest BCUT2D eigenvalue weighted by Crippen LogP contribution is 2.25. The third-order valence-corrected chi connectivity index (χ3v) is 2.31. The zero-order valence-electron chi connectivity index (χ0n) is 7.95. The van der Waals surface area contributed by atoms with Gasteiger partial charge in [-0.05, 0) is 24.4 Å². The summed E-state index contributed by atoms with van der Waals surface area (Å²) >= 11 is 21.5. The zero-order chi connectivity index (χ0) is 12.2. The van der Waals surface area contributed by atoms with E-state index in [0.717, 1.165) is 5.69 Å². The minimum atomic E-state index is -1.75. The van der Waals surface area contributed by atoms with Crippen molar-refractivity contribution in [3.63, 3.8) is 0 Å². The Kier molecular flexibility index (Phi) is 4.80. The molecule has 0 unspecified atom stereocenters. The van der Waals surface area contributed by atoms with E-state index in [0.29, 0.717) is 0 Å². The number of hydrogen-bond acceptors (Lipinski definition) is 1. The minimum Gasteiger partial charge on any atom is -0.383 e. The van der Waals surface area contributed by atoms with E-state index in [2.05, 4.69) is 10.3 Å². The molecule has 0 aliphatic carbocycles. The van der Waals surface area contributed by atoms with Crippen LogP contribution in [-0.4, -0.2) is 14.7 Å². The molecule has 0 fully saturated rings. The summed E-state index contributed by atoms with van der Waals surface area (Å²) in [6.45, 7) is 0. The summed E-state index contributed by atoms with van der Waals surface area (Å²) < 4.78 is -1.75. The first-order chi connectivity index (χ1) is 7.39. The van der Waals surface area contributed by atoms with Crippen molar-refractivity contribution in [1.29, 1.82) is 0 Å². The molecular formula is C9H8Cl3N3S. The molecule has 0 atom stereocenters. The Hall–Kier alpha value is -0.550. The summed E-state index contributed by atoms with van der Waals surface area (Å²) in [4.78, 5) is 3.76. The molecule has 1 aromatic carbocycles. The summed E-state index contributed by atoms with van der Waals surface area (Å²) in [6.07, 6.45) is 0. The molecular weight excluding hydrogens is 289 g/mol. The van der Waals surface area contributed by atoms with Crippen molar-refractivity contribution in [2.24, 2.45) is 10.7 Å². The summed E-state index contributed by atoms with van der Waals surface area (Å²) in [5.74, 6) is -0.175. The van der Waals surface area contributed by atoms with E-state index < -0.39 is 3.79 Å². The van der Waals surface area contributed by atoms with Crippen LogP contribution < -0.4 is 11.1 Å². The van der Waals surface area contributed by atoms with E-state index in [-0.39, 0.29) is 10.9 Å². The fourth-order valence-electron chi connectivity index (χ4n) is 0.846. The Balaban J connectivity index is 2.68. The lowest BCUT2D eigenvalue weighted by atomic mass is 10.3. The second kappa shape index (κ2) is 5.68. The number of benzene rings is 1. The van der Waals surface area contributed by atoms with Crippen molar-refractivity contribution < 1.29 is 0 Å². The van der Waals surface area contributed by atoms with Gasteiger partial charge in [-0.15, -0.1) is 0 Å². The van der Waals surface area contributed by atoms with Crippen molar-refractivity contribution in [1.82, 2.24) is 0 Å². The minimum absolute atomic E-state index is 0.134. The number of amidine groups is 1. The standard InChI is InChI=1S/C9H8Cl3N3S/c10-9(11,12)7(13)15-8(16)14-6-4-2-1-3-5-6/h1-5H,(H3,13,14,15,16). The molecule has 0 heterocycles. The summed E-state index contributed by atoms with van der Waals surface area (Å²) in [5, 5.41) is 2.97. The smallest absolute Gasteiger partial charge is 0.247 e. The fourth-order valence-corrected chi connectivity index (χ4v) is 1.19. The maximum Gasteiger partial charge on any atom is 0.247 e. The number of nitrogens with two attached hydrogens (primary N) is 1. The van der Waals surface area contributed by atoms with Crippen LogP contribution in [0.2, 0.25) is 0 Å². The first kappa shape index (κ1) is 13.5. The Morgan fingerprint density at radius 2 is 1.81 bits per heavy atom. The van der Waals surface area contributed by atoms with Crippen LogP contribution >= 0.6 is 47.0 Å². The van der Waals surface area contributed by atoms with E-state index in [9.17, 15) is 0 Å². The molecule has 0 aliphatic rings. The van der Waals surface area contributed by atoms with Crippen LogP contribution in [0.1, 0.15) is 0 Å². The van der Waals surface area contributed by atoms with E-state index in [1.165, 1.54) is 0 Å². The molecule has 1 aromatic rings. The molecule has 1 rings (SSSR count). The topological polar surface area (TPSA) is 50.4 Å². The van der Waals surface area contributed by atoms with Crippen LogP contribution in [-0.2, 0) is 0 Å². The molecule has 0 aliphatic heterocycles. The van der Waals surface area contributed by atoms with Crippen molar-refractivity contribution in [3.8, 4) is 0 Å². The molecule has 86 valence electrons. The number of anilines is 1. The lowest BCUT2D eigenvalue weighted by molar-refractivity contribution is 1.42. The van der Waals surface area contributed by atoms with Crippen molar-refractivity contribution >= 4 is 63.7 Å². The van der Waals surface area contributed by atoms with E-state index in [1.807, 2.05) is 30.3 Å². The molecule has 0 spiro atoms. The van der Waals surface area contributed by atoms with Crippen LogP contribution in [0.4, 0.5) is 5.69 Å². The van der Waals surface area contributed by atoms with Gasteiger partial charge in [-0.1, -0.05) is 53.0 Å². The lowest BCUT2D eigenvalue weighted by Crippen LogP contribution is -2.30. The number of nitrogens with one attached hydrogen (secondary N) is 1. The Bertz CT molecular complexity index is 400. The van der Waals surface area contributed by atoms with Gasteiger partial charge in [0.2, 0.25) is 3.79 Å². The normalized spacial score (nSPS) is 12.3. The molecule has 0 bridgehead atoms. The van der Waals surface area contributed by atoms with Gasteiger partial charge in [-0.25, -0.2) is 4.99 Å². The van der Waals surface area contributed by atoms with Crippen LogP contribution in [0.15, 0.2) is 35.3 Å². The van der Waals surface area contributed by atoms with Gasteiger partial charge >= 0.3 is 0 Å². The predicted octanol–water partition coefficient (Wildman–Crippen LogP) is 3.11. The molecule has 3 N–H and O–H groups in total. The van der Waals surface area contributed by atoms with Gasteiger partial charge in [0.25, 0.3) is 0 Å². The number of hydrogen-bond donors (Lipinski definition) is 2. The fraction of sp³-hybridized carbons (Fsp3) is 0.111. The quantitative estimate of drug-likeness (QED) is 0.362. The van der Waals surface area contributed by atoms with E-state index >= 15 is 0 Å². The number of nitrogens with zero attached hydrogens (tertiary/aromatic N) is 1. The molecule has 0 saturated carbocycles. The number of alkyl halides is 3. The second-order valence-electron chi connectivity index (χ2n) is 2.79. The number of halogens is 3. The molecule has 0 saturated heterocycles. The SMILES string of the molecule is N/C(=N\C(=S)Nc1ccccc1)C(Cl)(Cl)Cl. The first-order valence-electron chi connectivity index (χ1n) is 4.17. The molecule has 3 nitrogen and oxygen atoms in total. The van der Waals surface area contributed by atoms with Gasteiger partial charge in [0, 0.05) is 5.69 Å². The van der Waals surface area contributed by atoms with Gasteiger partial charge in [-0.2, -0.15) is 0 Å². The Morgan fingerprint density at radius 1 is 1.25 bits per heavy atom. The number of aliphatic imine (C=N–C) groups is 1. The molecule has 7 heteroatoms. The highest BCUT2D eigenvalue weighted by Gasteiger charge is 2.25. The zero-order valence-corrected chi connectivity index (χ0v) is 11.0. The van der Waals surface area contributed by atoms with Gasteiger partial charge < -0.3 is 11.1 Å². The third kappa shape index (κ3) is 4.53. The first-order valence-corrected chi connectivity index (χ1v) is 5.71. The van der Waals surface area contributed by atoms with E-state index in [1.54, 1.807) is 0 Å². The average Bonchev–Trinajstić information content (AvgIpc) is 2.17. The number of para-hydroxylation sites is 1. The van der Waals surface area contributed by atoms with Gasteiger partial charge in [-0.3, -0.25) is 0 Å². The van der Waals surface area contributed by atoms with Crippen LogP contribution in [0.25, 0.3) is 0 Å².